The molecular formula is C28H27N3O2. The standard InChI is InChI=1S/C28H27N3O2/c1-17-24-13-12-23-25(19-8-7-11-22(14-19)33-3)30-18(2)31-27(23)28(24,15-20(16-29)26(17)32)21-9-5-4-6-10-21/h4-11,14,17,20,24H,12-13,15H2,1-3H3/t17-,20?,24-,28+/m0/s1. The number of aromatic nitrogens is 2. The van der Waals surface area contributed by atoms with Gasteiger partial charge in [0.05, 0.1) is 24.6 Å². The normalized spacial score (nSPS) is 26.1. The van der Waals surface area contributed by atoms with Crippen LogP contribution in [-0.2, 0) is 16.6 Å². The largest absolute Gasteiger partial charge is 0.497 e. The Kier molecular flexibility index (Phi) is 5.25. The summed E-state index contributed by atoms with van der Waals surface area (Å²) in [5, 5.41) is 9.91. The summed E-state index contributed by atoms with van der Waals surface area (Å²) in [6.45, 7) is 3.92. The first kappa shape index (κ1) is 21.3. The van der Waals surface area contributed by atoms with E-state index in [9.17, 15) is 10.1 Å². The molecule has 0 bridgehead atoms. The number of nitrogens with zero attached hydrogens (tertiary/aromatic N) is 3. The van der Waals surface area contributed by atoms with Gasteiger partial charge >= 0.3 is 0 Å². The van der Waals surface area contributed by atoms with Gasteiger partial charge in [0.1, 0.15) is 17.5 Å². The van der Waals surface area contributed by atoms with E-state index in [0.29, 0.717) is 12.2 Å². The average molecular weight is 438 g/mol. The molecule has 0 spiro atoms. The minimum absolute atomic E-state index is 0.0660. The zero-order chi connectivity index (χ0) is 23.2. The van der Waals surface area contributed by atoms with Crippen molar-refractivity contribution in [2.24, 2.45) is 17.8 Å². The van der Waals surface area contributed by atoms with Crippen molar-refractivity contribution in [3.63, 3.8) is 0 Å². The Hall–Kier alpha value is -3.52. The highest BCUT2D eigenvalue weighted by molar-refractivity contribution is 5.87. The van der Waals surface area contributed by atoms with E-state index in [1.807, 2.05) is 50.2 Å². The number of carbonyl (C=O) groups is 1. The summed E-state index contributed by atoms with van der Waals surface area (Å²) < 4.78 is 5.46. The van der Waals surface area contributed by atoms with Gasteiger partial charge in [0.15, 0.2) is 5.78 Å². The second-order valence-corrected chi connectivity index (χ2v) is 9.24. The van der Waals surface area contributed by atoms with E-state index in [2.05, 4.69) is 24.3 Å². The molecule has 5 rings (SSSR count). The summed E-state index contributed by atoms with van der Waals surface area (Å²) >= 11 is 0. The van der Waals surface area contributed by atoms with E-state index in [-0.39, 0.29) is 17.6 Å². The molecule has 0 aliphatic heterocycles. The number of aryl methyl sites for hydroxylation is 1. The second-order valence-electron chi connectivity index (χ2n) is 9.24. The number of rotatable bonds is 3. The SMILES string of the molecule is COc1cccc(-c2nc(C)nc3c2CC[C@H]2[C@H](C)C(=O)C(C#N)C[C@]32c2ccccc2)c1. The molecule has 5 nitrogen and oxygen atoms in total. The fourth-order valence-electron chi connectivity index (χ4n) is 6.11. The van der Waals surface area contributed by atoms with Crippen LogP contribution in [0.15, 0.2) is 54.6 Å². The van der Waals surface area contributed by atoms with Crippen LogP contribution in [-0.4, -0.2) is 22.9 Å². The van der Waals surface area contributed by atoms with Gasteiger partial charge in [0, 0.05) is 22.5 Å². The summed E-state index contributed by atoms with van der Waals surface area (Å²) in [6.07, 6.45) is 2.12. The van der Waals surface area contributed by atoms with Gasteiger partial charge in [-0.1, -0.05) is 49.4 Å². The highest BCUT2D eigenvalue weighted by Gasteiger charge is 2.56. The van der Waals surface area contributed by atoms with Crippen LogP contribution in [0.1, 0.15) is 42.4 Å². The molecule has 2 aliphatic carbocycles. The number of fused-ring (bicyclic) bond motifs is 3. The molecule has 1 heterocycles. The topological polar surface area (TPSA) is 75.9 Å². The van der Waals surface area contributed by atoms with Crippen molar-refractivity contribution in [2.45, 2.75) is 38.5 Å². The maximum Gasteiger partial charge on any atom is 0.153 e. The van der Waals surface area contributed by atoms with Crippen LogP contribution in [0.3, 0.4) is 0 Å². The van der Waals surface area contributed by atoms with Crippen LogP contribution in [0.4, 0.5) is 0 Å². The smallest absolute Gasteiger partial charge is 0.153 e. The van der Waals surface area contributed by atoms with E-state index in [4.69, 9.17) is 14.7 Å². The molecule has 3 aromatic rings. The second kappa shape index (κ2) is 8.12. The summed E-state index contributed by atoms with van der Waals surface area (Å²) in [6, 6.07) is 20.6. The molecule has 1 saturated carbocycles. The van der Waals surface area contributed by atoms with Crippen molar-refractivity contribution in [2.75, 3.05) is 7.11 Å². The van der Waals surface area contributed by atoms with Gasteiger partial charge in [-0.25, -0.2) is 9.97 Å². The Morgan fingerprint density at radius 1 is 1.12 bits per heavy atom. The summed E-state index contributed by atoms with van der Waals surface area (Å²) in [4.78, 5) is 23.0. The number of Topliss-reactive ketones (excluding diaryl/α,β-unsaturated/α-hetero) is 1. The van der Waals surface area contributed by atoms with E-state index in [1.165, 1.54) is 0 Å². The molecular weight excluding hydrogens is 410 g/mol. The predicted octanol–water partition coefficient (Wildman–Crippen LogP) is 5.06. The molecule has 4 atom stereocenters. The van der Waals surface area contributed by atoms with Gasteiger partial charge in [-0.2, -0.15) is 5.26 Å². The molecule has 2 aliphatic rings. The number of hydrogen-bond donors (Lipinski definition) is 0. The third kappa shape index (κ3) is 3.24. The number of ketones is 1. The summed E-state index contributed by atoms with van der Waals surface area (Å²) in [5.41, 5.74) is 4.65. The predicted molar refractivity (Wildman–Crippen MR) is 126 cm³/mol. The van der Waals surface area contributed by atoms with Crippen LogP contribution >= 0.6 is 0 Å². The molecule has 0 saturated heterocycles. The first-order valence-corrected chi connectivity index (χ1v) is 11.5. The van der Waals surface area contributed by atoms with Crippen molar-refractivity contribution >= 4 is 5.78 Å². The quantitative estimate of drug-likeness (QED) is 0.573. The Labute approximate surface area is 194 Å². The lowest BCUT2D eigenvalue weighted by molar-refractivity contribution is -0.131. The number of methoxy groups -OCH3 is 1. The third-order valence-corrected chi connectivity index (χ3v) is 7.59. The lowest BCUT2D eigenvalue weighted by atomic mass is 9.50. The van der Waals surface area contributed by atoms with Gasteiger partial charge in [-0.05, 0) is 49.8 Å². The molecule has 1 fully saturated rings. The highest BCUT2D eigenvalue weighted by atomic mass is 16.5. The van der Waals surface area contributed by atoms with Crippen LogP contribution in [0, 0.1) is 36.0 Å². The maximum absolute atomic E-state index is 13.1. The molecule has 2 aromatic carbocycles. The van der Waals surface area contributed by atoms with Crippen molar-refractivity contribution in [3.05, 3.63) is 77.2 Å². The minimum Gasteiger partial charge on any atom is -0.497 e. The average Bonchev–Trinajstić information content (AvgIpc) is 2.86. The molecule has 0 amide bonds. The number of hydrogen-bond acceptors (Lipinski definition) is 5. The zero-order valence-corrected chi connectivity index (χ0v) is 19.2. The maximum atomic E-state index is 13.1. The number of nitriles is 1. The van der Waals surface area contributed by atoms with Gasteiger partial charge < -0.3 is 4.74 Å². The molecule has 166 valence electrons. The monoisotopic (exact) mass is 437 g/mol. The Balaban J connectivity index is 1.81. The highest BCUT2D eigenvalue weighted by Crippen LogP contribution is 2.56. The van der Waals surface area contributed by atoms with Crippen molar-refractivity contribution < 1.29 is 9.53 Å². The van der Waals surface area contributed by atoms with Crippen LogP contribution in [0.2, 0.25) is 0 Å². The van der Waals surface area contributed by atoms with E-state index >= 15 is 0 Å². The molecule has 5 heteroatoms. The lowest BCUT2D eigenvalue weighted by Crippen LogP contribution is -2.53. The fourth-order valence-corrected chi connectivity index (χ4v) is 6.11. The first-order chi connectivity index (χ1) is 16.0. The van der Waals surface area contributed by atoms with Crippen molar-refractivity contribution in [1.29, 1.82) is 5.26 Å². The summed E-state index contributed by atoms with van der Waals surface area (Å²) in [5.74, 6) is 0.796. The minimum atomic E-state index is -0.641. The van der Waals surface area contributed by atoms with E-state index in [1.54, 1.807) is 7.11 Å². The van der Waals surface area contributed by atoms with Crippen molar-refractivity contribution in [1.82, 2.24) is 9.97 Å². The Morgan fingerprint density at radius 2 is 1.91 bits per heavy atom. The van der Waals surface area contributed by atoms with Gasteiger partial charge in [-0.3, -0.25) is 4.79 Å². The molecule has 1 unspecified atom stereocenters. The zero-order valence-electron chi connectivity index (χ0n) is 19.2. The van der Waals surface area contributed by atoms with Gasteiger partial charge in [0.2, 0.25) is 0 Å². The van der Waals surface area contributed by atoms with Crippen LogP contribution in [0.25, 0.3) is 11.3 Å². The number of benzene rings is 2. The fraction of sp³-hybridized carbons (Fsp3) is 0.357. The van der Waals surface area contributed by atoms with E-state index in [0.717, 1.165) is 46.7 Å². The van der Waals surface area contributed by atoms with Crippen LogP contribution < -0.4 is 4.74 Å². The van der Waals surface area contributed by atoms with Gasteiger partial charge in [-0.15, -0.1) is 0 Å². The Bertz CT molecular complexity index is 1260. The molecule has 0 radical (unpaired) electrons. The molecule has 33 heavy (non-hydrogen) atoms. The molecule has 0 N–H and O–H groups in total. The lowest BCUT2D eigenvalue weighted by Gasteiger charge is -2.51. The molecule has 1 aromatic heterocycles. The summed E-state index contributed by atoms with van der Waals surface area (Å²) in [7, 11) is 1.66. The van der Waals surface area contributed by atoms with Crippen LogP contribution in [0.5, 0.6) is 5.75 Å². The Morgan fingerprint density at radius 3 is 2.64 bits per heavy atom. The third-order valence-electron chi connectivity index (χ3n) is 7.59. The van der Waals surface area contributed by atoms with E-state index < -0.39 is 11.3 Å². The number of carbonyl (C=O) groups excluding carboxylic acids is 1. The number of ether oxygens (including phenoxy) is 1. The van der Waals surface area contributed by atoms with Crippen molar-refractivity contribution in [3.8, 4) is 23.1 Å². The first-order valence-electron chi connectivity index (χ1n) is 11.5. The van der Waals surface area contributed by atoms with Gasteiger partial charge in [0.25, 0.3) is 0 Å².